The Morgan fingerprint density at radius 2 is 1.78 bits per heavy atom. The van der Waals surface area contributed by atoms with Gasteiger partial charge in [-0.2, -0.15) is 0 Å². The van der Waals surface area contributed by atoms with Gasteiger partial charge in [-0.15, -0.1) is 0 Å². The minimum atomic E-state index is -0.181. The molecule has 172 valence electrons. The number of aromatic hydroxyl groups is 1. The maximum atomic E-state index is 13.0. The summed E-state index contributed by atoms with van der Waals surface area (Å²) in [6, 6.07) is 8.04. The molecule has 1 saturated heterocycles. The summed E-state index contributed by atoms with van der Waals surface area (Å²) < 4.78 is 0. The zero-order chi connectivity index (χ0) is 23.2. The van der Waals surface area contributed by atoms with Gasteiger partial charge < -0.3 is 15.3 Å². The minimum Gasteiger partial charge on any atom is -0.507 e. The van der Waals surface area contributed by atoms with Crippen LogP contribution in [0.5, 0.6) is 5.75 Å². The average Bonchev–Trinajstić information content (AvgIpc) is 3.00. The van der Waals surface area contributed by atoms with Crippen LogP contribution < -0.4 is 10.2 Å². The predicted molar refractivity (Wildman–Crippen MR) is 131 cm³/mol. The number of carbonyl (C=O) groups excluding carboxylic acids is 1. The van der Waals surface area contributed by atoms with E-state index >= 15 is 0 Å². The largest absolute Gasteiger partial charge is 0.507 e. The number of piperazine rings is 1. The zero-order valence-corrected chi connectivity index (χ0v) is 20.5. The number of aryl methyl sites for hydroxylation is 3. The zero-order valence-electron chi connectivity index (χ0n) is 19.8. The molecule has 2 aromatic carbocycles. The molecular weight excluding hydrogens is 422 g/mol. The molecule has 1 unspecified atom stereocenters. The number of carbonyl (C=O) groups is 1. The Morgan fingerprint density at radius 3 is 2.44 bits per heavy atom. The van der Waals surface area contributed by atoms with E-state index in [4.69, 9.17) is 11.6 Å². The summed E-state index contributed by atoms with van der Waals surface area (Å²) in [6.07, 6.45) is 0.852. The van der Waals surface area contributed by atoms with E-state index in [0.717, 1.165) is 60.0 Å². The number of nitrogens with one attached hydrogen (secondary N) is 1. The molecule has 1 amide bonds. The van der Waals surface area contributed by atoms with E-state index in [1.807, 2.05) is 26.0 Å². The second-order valence-electron chi connectivity index (χ2n) is 10.1. The second kappa shape index (κ2) is 8.60. The van der Waals surface area contributed by atoms with E-state index in [2.05, 4.69) is 48.0 Å². The van der Waals surface area contributed by atoms with Crippen molar-refractivity contribution in [1.29, 1.82) is 0 Å². The van der Waals surface area contributed by atoms with E-state index in [9.17, 15) is 9.90 Å². The SMILES string of the molecule is Cc1ccc(N2CCN(CC(=O)NC3c4c(O)c(C)cc(C)c4CC3(C)C)CC2)cc1Cl. The van der Waals surface area contributed by atoms with Gasteiger partial charge in [0.15, 0.2) is 0 Å². The first kappa shape index (κ1) is 22.9. The van der Waals surface area contributed by atoms with Crippen LogP contribution in [0.1, 0.15) is 47.7 Å². The molecule has 1 aliphatic carbocycles. The van der Waals surface area contributed by atoms with Gasteiger partial charge in [-0.1, -0.05) is 37.6 Å². The van der Waals surface area contributed by atoms with Gasteiger partial charge in [-0.05, 0) is 67.0 Å². The summed E-state index contributed by atoms with van der Waals surface area (Å²) in [5, 5.41) is 14.8. The summed E-state index contributed by atoms with van der Waals surface area (Å²) in [7, 11) is 0. The van der Waals surface area contributed by atoms with E-state index in [0.29, 0.717) is 12.3 Å². The van der Waals surface area contributed by atoms with Gasteiger partial charge in [-0.25, -0.2) is 0 Å². The first-order chi connectivity index (χ1) is 15.1. The van der Waals surface area contributed by atoms with Crippen LogP contribution in [-0.4, -0.2) is 48.6 Å². The molecule has 1 aliphatic heterocycles. The van der Waals surface area contributed by atoms with Gasteiger partial charge in [0.25, 0.3) is 0 Å². The summed E-state index contributed by atoms with van der Waals surface area (Å²) in [4.78, 5) is 17.5. The van der Waals surface area contributed by atoms with Crippen molar-refractivity contribution in [2.75, 3.05) is 37.6 Å². The molecule has 32 heavy (non-hydrogen) atoms. The summed E-state index contributed by atoms with van der Waals surface area (Å²) in [5.74, 6) is 0.341. The molecule has 0 saturated carbocycles. The van der Waals surface area contributed by atoms with Crippen molar-refractivity contribution < 1.29 is 9.90 Å². The third kappa shape index (κ3) is 4.33. The molecule has 2 aromatic rings. The standard InChI is InChI=1S/C26H34ClN3O2/c1-16-6-7-19(13-21(16)27)30-10-8-29(9-11-30)15-22(31)28-25-23-20(14-26(25,4)5)17(2)12-18(3)24(23)32/h6-7,12-13,25,32H,8-11,14-15H2,1-5H3,(H,28,31). The van der Waals surface area contributed by atoms with Crippen molar-refractivity contribution in [3.8, 4) is 5.75 Å². The van der Waals surface area contributed by atoms with E-state index in [1.54, 1.807) is 0 Å². The fourth-order valence-corrected chi connectivity index (χ4v) is 5.34. The van der Waals surface area contributed by atoms with Crippen LogP contribution in [0.2, 0.25) is 5.02 Å². The van der Waals surface area contributed by atoms with Crippen LogP contribution in [0, 0.1) is 26.2 Å². The van der Waals surface area contributed by atoms with Crippen molar-refractivity contribution in [2.45, 2.75) is 47.1 Å². The number of benzene rings is 2. The lowest BCUT2D eigenvalue weighted by Gasteiger charge is -2.36. The third-order valence-corrected chi connectivity index (χ3v) is 7.54. The van der Waals surface area contributed by atoms with Gasteiger partial charge in [0.1, 0.15) is 5.75 Å². The lowest BCUT2D eigenvalue weighted by Crippen LogP contribution is -2.50. The quantitative estimate of drug-likeness (QED) is 0.711. The maximum absolute atomic E-state index is 13.0. The number of halogens is 1. The first-order valence-electron chi connectivity index (χ1n) is 11.4. The average molecular weight is 456 g/mol. The fourth-order valence-electron chi connectivity index (χ4n) is 5.16. The van der Waals surface area contributed by atoms with Crippen molar-refractivity contribution in [3.05, 3.63) is 57.1 Å². The number of hydrogen-bond acceptors (Lipinski definition) is 4. The van der Waals surface area contributed by atoms with Crippen LogP contribution in [0.4, 0.5) is 5.69 Å². The Kier molecular flexibility index (Phi) is 6.17. The van der Waals surface area contributed by atoms with Crippen LogP contribution in [0.25, 0.3) is 0 Å². The number of fused-ring (bicyclic) bond motifs is 1. The van der Waals surface area contributed by atoms with Crippen LogP contribution >= 0.6 is 11.6 Å². The Labute approximate surface area is 196 Å². The maximum Gasteiger partial charge on any atom is 0.234 e. The predicted octanol–water partition coefficient (Wildman–Crippen LogP) is 4.53. The van der Waals surface area contributed by atoms with Crippen molar-refractivity contribution in [3.63, 3.8) is 0 Å². The summed E-state index contributed by atoms with van der Waals surface area (Å²) in [6.45, 7) is 14.1. The minimum absolute atomic E-state index is 0.0151. The number of phenolic OH excluding ortho intramolecular Hbond substituents is 1. The molecule has 4 rings (SSSR count). The van der Waals surface area contributed by atoms with Gasteiger partial charge >= 0.3 is 0 Å². The number of phenols is 1. The molecule has 0 spiro atoms. The van der Waals surface area contributed by atoms with Crippen LogP contribution in [0.15, 0.2) is 24.3 Å². The Bertz CT molecular complexity index is 1040. The molecule has 1 fully saturated rings. The van der Waals surface area contributed by atoms with Crippen LogP contribution in [0.3, 0.4) is 0 Å². The molecule has 5 nitrogen and oxygen atoms in total. The summed E-state index contributed by atoms with van der Waals surface area (Å²) >= 11 is 6.29. The number of anilines is 1. The van der Waals surface area contributed by atoms with Gasteiger partial charge in [0.05, 0.1) is 12.6 Å². The fraction of sp³-hybridized carbons (Fsp3) is 0.500. The molecule has 2 aliphatic rings. The lowest BCUT2D eigenvalue weighted by atomic mass is 9.85. The second-order valence-corrected chi connectivity index (χ2v) is 10.5. The monoisotopic (exact) mass is 455 g/mol. The Hall–Kier alpha value is -2.24. The van der Waals surface area contributed by atoms with Gasteiger partial charge in [0.2, 0.25) is 5.91 Å². The Balaban J connectivity index is 1.39. The molecular formula is C26H34ClN3O2. The van der Waals surface area contributed by atoms with Crippen molar-refractivity contribution in [2.24, 2.45) is 5.41 Å². The van der Waals surface area contributed by atoms with E-state index in [-0.39, 0.29) is 17.4 Å². The Morgan fingerprint density at radius 1 is 1.09 bits per heavy atom. The smallest absolute Gasteiger partial charge is 0.234 e. The number of hydrogen-bond donors (Lipinski definition) is 2. The highest BCUT2D eigenvalue weighted by atomic mass is 35.5. The first-order valence-corrected chi connectivity index (χ1v) is 11.8. The van der Waals surface area contributed by atoms with Crippen molar-refractivity contribution >= 4 is 23.2 Å². The lowest BCUT2D eigenvalue weighted by molar-refractivity contribution is -0.123. The highest BCUT2D eigenvalue weighted by molar-refractivity contribution is 6.31. The van der Waals surface area contributed by atoms with Gasteiger partial charge in [-0.3, -0.25) is 9.69 Å². The third-order valence-electron chi connectivity index (χ3n) is 7.13. The molecule has 1 heterocycles. The van der Waals surface area contributed by atoms with Crippen molar-refractivity contribution in [1.82, 2.24) is 10.2 Å². The van der Waals surface area contributed by atoms with E-state index in [1.165, 1.54) is 11.1 Å². The number of nitrogens with zero attached hydrogens (tertiary/aromatic N) is 2. The summed E-state index contributed by atoms with van der Waals surface area (Å²) in [5.41, 5.74) is 6.21. The molecule has 0 bridgehead atoms. The molecule has 0 aromatic heterocycles. The molecule has 0 radical (unpaired) electrons. The normalized spacial score (nSPS) is 20.3. The highest BCUT2D eigenvalue weighted by Gasteiger charge is 2.43. The number of rotatable bonds is 4. The molecule has 1 atom stereocenters. The molecule has 2 N–H and O–H groups in total. The topological polar surface area (TPSA) is 55.8 Å². The van der Waals surface area contributed by atoms with E-state index < -0.39 is 0 Å². The highest BCUT2D eigenvalue weighted by Crippen LogP contribution is 2.50. The van der Waals surface area contributed by atoms with Gasteiger partial charge in [0, 0.05) is 42.5 Å². The molecule has 6 heteroatoms. The number of amides is 1. The van der Waals surface area contributed by atoms with Crippen LogP contribution in [-0.2, 0) is 11.2 Å².